The van der Waals surface area contributed by atoms with E-state index in [1.807, 2.05) is 57.2 Å². The van der Waals surface area contributed by atoms with Crippen LogP contribution < -0.4 is 5.32 Å². The first-order valence-electron chi connectivity index (χ1n) is 13.8. The summed E-state index contributed by atoms with van der Waals surface area (Å²) >= 11 is 0. The van der Waals surface area contributed by atoms with Gasteiger partial charge in [-0.05, 0) is 74.7 Å². The van der Waals surface area contributed by atoms with Crippen LogP contribution in [-0.2, 0) is 4.79 Å². The number of benzene rings is 4. The maximum Gasteiger partial charge on any atom is 0.330 e. The van der Waals surface area contributed by atoms with E-state index in [1.54, 1.807) is 36.4 Å². The number of Topliss-reactive ketones (excluding diaryl/α,β-unsaturated/α-hetero) is 1. The average Bonchev–Trinajstić information content (AvgIpc) is 3.23. The van der Waals surface area contributed by atoms with E-state index >= 15 is 0 Å². The van der Waals surface area contributed by atoms with Crippen LogP contribution in [0.3, 0.4) is 0 Å². The number of carbonyl (C=O) groups is 3. The van der Waals surface area contributed by atoms with Crippen LogP contribution in [0.4, 0.5) is 14.9 Å². The number of carboxylic acids is 1. The molecule has 4 unspecified atom stereocenters. The molecule has 5 rings (SSSR count). The van der Waals surface area contributed by atoms with Crippen LogP contribution in [0.1, 0.15) is 57.1 Å². The van der Waals surface area contributed by atoms with Crippen LogP contribution in [0, 0.1) is 32.5 Å². The molecule has 1 heterocycles. The highest BCUT2D eigenvalue weighted by atomic mass is 19.1. The predicted molar refractivity (Wildman–Crippen MR) is 160 cm³/mol. The number of carboxylic acid groups (broad SMARTS) is 1. The third-order valence-corrected chi connectivity index (χ3v) is 8.22. The van der Waals surface area contributed by atoms with Gasteiger partial charge in [0.2, 0.25) is 0 Å². The van der Waals surface area contributed by atoms with Gasteiger partial charge in [0.25, 0.3) is 0 Å². The molecule has 0 spiro atoms. The van der Waals surface area contributed by atoms with E-state index in [0.717, 1.165) is 16.7 Å². The molecule has 0 radical (unpaired) electrons. The third-order valence-electron chi connectivity index (χ3n) is 8.22. The van der Waals surface area contributed by atoms with Gasteiger partial charge in [-0.1, -0.05) is 77.9 Å². The van der Waals surface area contributed by atoms with Crippen molar-refractivity contribution in [2.75, 3.05) is 5.32 Å². The summed E-state index contributed by atoms with van der Waals surface area (Å²) in [7, 11) is 0. The van der Waals surface area contributed by atoms with E-state index in [0.29, 0.717) is 22.4 Å². The first kappa shape index (κ1) is 28.7. The molecular weight excluding hydrogens is 531 g/mol. The molecule has 214 valence electrons. The zero-order valence-electron chi connectivity index (χ0n) is 24.0. The van der Waals surface area contributed by atoms with Crippen molar-refractivity contribution in [2.24, 2.45) is 5.92 Å². The second-order valence-corrected chi connectivity index (χ2v) is 11.3. The van der Waals surface area contributed by atoms with Crippen LogP contribution in [0.15, 0.2) is 97.1 Å². The maximum absolute atomic E-state index is 14.6. The SMILES string of the molecule is Cc1cccc(NC(=O)N2C(c3cccc(C)c3)C(C(=O)c3cccc(C)c3)C(c3ccc(F)cc3)C2(C)C(=O)O)c1. The maximum atomic E-state index is 14.6. The van der Waals surface area contributed by atoms with Gasteiger partial charge in [-0.2, -0.15) is 0 Å². The summed E-state index contributed by atoms with van der Waals surface area (Å²) < 4.78 is 14.1. The molecule has 42 heavy (non-hydrogen) atoms. The lowest BCUT2D eigenvalue weighted by Gasteiger charge is -2.37. The quantitative estimate of drug-likeness (QED) is 0.238. The molecule has 4 atom stereocenters. The first-order chi connectivity index (χ1) is 20.0. The molecule has 2 N–H and O–H groups in total. The summed E-state index contributed by atoms with van der Waals surface area (Å²) in [5.41, 5.74) is 2.82. The summed E-state index contributed by atoms with van der Waals surface area (Å²) in [6.07, 6.45) is 0. The highest BCUT2D eigenvalue weighted by Crippen LogP contribution is 2.56. The van der Waals surface area contributed by atoms with Crippen molar-refractivity contribution in [3.8, 4) is 0 Å². The van der Waals surface area contributed by atoms with Gasteiger partial charge in [-0.15, -0.1) is 0 Å². The number of hydrogen-bond acceptors (Lipinski definition) is 3. The Hall–Kier alpha value is -4.78. The molecule has 1 saturated heterocycles. The Morgan fingerprint density at radius 2 is 1.38 bits per heavy atom. The molecule has 0 aliphatic carbocycles. The van der Waals surface area contributed by atoms with E-state index < -0.39 is 41.2 Å². The van der Waals surface area contributed by atoms with Crippen molar-refractivity contribution in [2.45, 2.75) is 45.2 Å². The fourth-order valence-electron chi connectivity index (χ4n) is 6.31. The standard InChI is InChI=1S/C35H33FN2O4/c1-21-8-5-11-25(18-21)31-29(32(39)26-12-6-9-22(2)19-26)30(24-14-16-27(36)17-15-24)35(4,33(40)41)38(31)34(42)37-28-13-7-10-23(3)20-28/h5-20,29-31H,1-4H3,(H,37,42)(H,40,41). The fourth-order valence-corrected chi connectivity index (χ4v) is 6.31. The molecule has 1 fully saturated rings. The number of aryl methyl sites for hydroxylation is 3. The molecule has 1 aliphatic heterocycles. The molecular formula is C35H33FN2O4. The molecule has 0 aromatic heterocycles. The smallest absolute Gasteiger partial charge is 0.330 e. The predicted octanol–water partition coefficient (Wildman–Crippen LogP) is 7.47. The minimum atomic E-state index is -1.88. The van der Waals surface area contributed by atoms with Crippen molar-refractivity contribution in [3.05, 3.63) is 136 Å². The van der Waals surface area contributed by atoms with E-state index in [-0.39, 0.29) is 5.78 Å². The summed E-state index contributed by atoms with van der Waals surface area (Å²) in [5, 5.41) is 13.8. The van der Waals surface area contributed by atoms with Gasteiger partial charge < -0.3 is 10.4 Å². The van der Waals surface area contributed by atoms with Gasteiger partial charge >= 0.3 is 12.0 Å². The number of ketones is 1. The lowest BCUT2D eigenvalue weighted by molar-refractivity contribution is -0.148. The molecule has 4 aromatic carbocycles. The zero-order valence-corrected chi connectivity index (χ0v) is 24.0. The van der Waals surface area contributed by atoms with Crippen molar-refractivity contribution in [1.82, 2.24) is 4.90 Å². The zero-order chi connectivity index (χ0) is 30.2. The fraction of sp³-hybridized carbons (Fsp3) is 0.229. The van der Waals surface area contributed by atoms with Crippen molar-refractivity contribution in [1.29, 1.82) is 0 Å². The first-order valence-corrected chi connectivity index (χ1v) is 13.8. The van der Waals surface area contributed by atoms with Crippen LogP contribution in [0.5, 0.6) is 0 Å². The number of anilines is 1. The summed E-state index contributed by atoms with van der Waals surface area (Å²) in [6, 6.07) is 25.7. The largest absolute Gasteiger partial charge is 0.479 e. The number of carbonyl (C=O) groups excluding carboxylic acids is 2. The summed E-state index contributed by atoms with van der Waals surface area (Å²) in [4.78, 5) is 43.6. The molecule has 2 amide bonds. The van der Waals surface area contributed by atoms with Gasteiger partial charge in [-0.25, -0.2) is 14.0 Å². The summed E-state index contributed by atoms with van der Waals surface area (Å²) in [6.45, 7) is 7.15. The van der Waals surface area contributed by atoms with Crippen LogP contribution >= 0.6 is 0 Å². The number of hydrogen-bond donors (Lipinski definition) is 2. The Morgan fingerprint density at radius 3 is 1.98 bits per heavy atom. The molecule has 4 aromatic rings. The summed E-state index contributed by atoms with van der Waals surface area (Å²) in [5.74, 6) is -4.05. The van der Waals surface area contributed by atoms with E-state index in [1.165, 1.54) is 36.1 Å². The van der Waals surface area contributed by atoms with Crippen LogP contribution in [0.25, 0.3) is 0 Å². The number of halogens is 1. The Balaban J connectivity index is 1.78. The minimum absolute atomic E-state index is 0.294. The third kappa shape index (κ3) is 5.18. The normalized spacial score (nSPS) is 21.6. The number of nitrogens with zero attached hydrogens (tertiary/aromatic N) is 1. The number of amides is 2. The number of rotatable bonds is 6. The molecule has 1 aliphatic rings. The second kappa shape index (κ2) is 11.2. The number of nitrogens with one attached hydrogen (secondary N) is 1. The van der Waals surface area contributed by atoms with E-state index in [2.05, 4.69) is 5.32 Å². The Bertz CT molecular complexity index is 1670. The van der Waals surface area contributed by atoms with E-state index in [4.69, 9.17) is 0 Å². The second-order valence-electron chi connectivity index (χ2n) is 11.3. The highest BCUT2D eigenvalue weighted by Gasteiger charge is 2.65. The average molecular weight is 565 g/mol. The Kier molecular flexibility index (Phi) is 7.69. The van der Waals surface area contributed by atoms with Gasteiger partial charge in [0.1, 0.15) is 11.4 Å². The highest BCUT2D eigenvalue weighted by molar-refractivity contribution is 6.03. The Labute approximate surface area is 244 Å². The lowest BCUT2D eigenvalue weighted by Crippen LogP contribution is -2.55. The topological polar surface area (TPSA) is 86.7 Å². The van der Waals surface area contributed by atoms with Gasteiger partial charge in [0.05, 0.1) is 12.0 Å². The monoisotopic (exact) mass is 564 g/mol. The Morgan fingerprint density at radius 1 is 0.786 bits per heavy atom. The van der Waals surface area contributed by atoms with Crippen molar-refractivity contribution in [3.63, 3.8) is 0 Å². The van der Waals surface area contributed by atoms with Crippen molar-refractivity contribution >= 4 is 23.5 Å². The van der Waals surface area contributed by atoms with Crippen molar-refractivity contribution < 1.29 is 23.9 Å². The molecule has 6 nitrogen and oxygen atoms in total. The molecule has 0 bridgehead atoms. The lowest BCUT2D eigenvalue weighted by atomic mass is 9.71. The minimum Gasteiger partial charge on any atom is -0.479 e. The van der Waals surface area contributed by atoms with Gasteiger partial charge in [-0.3, -0.25) is 9.69 Å². The number of aliphatic carboxylic acids is 1. The molecule has 7 heteroatoms. The van der Waals surface area contributed by atoms with Crippen LogP contribution in [-0.4, -0.2) is 33.3 Å². The molecule has 0 saturated carbocycles. The van der Waals surface area contributed by atoms with Gasteiger partial charge in [0, 0.05) is 17.2 Å². The van der Waals surface area contributed by atoms with E-state index in [9.17, 15) is 23.9 Å². The number of likely N-dealkylation sites (tertiary alicyclic amines) is 1. The number of urea groups is 1. The van der Waals surface area contributed by atoms with Crippen LogP contribution in [0.2, 0.25) is 0 Å². The van der Waals surface area contributed by atoms with Gasteiger partial charge in [0.15, 0.2) is 5.78 Å².